The predicted octanol–water partition coefficient (Wildman–Crippen LogP) is 1.87. The third kappa shape index (κ3) is 4.38. The Morgan fingerprint density at radius 2 is 1.35 bits per heavy atom. The lowest BCUT2D eigenvalue weighted by molar-refractivity contribution is -0.138. The number of allylic oxidation sites excluding steroid dienone is 1. The topological polar surface area (TPSA) is 91.7 Å². The van der Waals surface area contributed by atoms with E-state index in [2.05, 4.69) is 6.58 Å². The summed E-state index contributed by atoms with van der Waals surface area (Å²) in [5.74, 6) is -2.24. The third-order valence-corrected chi connectivity index (χ3v) is 3.02. The van der Waals surface area contributed by atoms with Crippen LogP contribution in [0.25, 0.3) is 0 Å². The lowest BCUT2D eigenvalue weighted by Crippen LogP contribution is -2.32. The van der Waals surface area contributed by atoms with Gasteiger partial charge in [-0.1, -0.05) is 12.2 Å². The van der Waals surface area contributed by atoms with Gasteiger partial charge in [-0.2, -0.15) is 0 Å². The minimum Gasteiger partial charge on any atom is -0.481 e. The van der Waals surface area contributed by atoms with Crippen LogP contribution in [0.1, 0.15) is 39.5 Å². The van der Waals surface area contributed by atoms with E-state index >= 15 is 0 Å². The van der Waals surface area contributed by atoms with Crippen molar-refractivity contribution >= 4 is 17.7 Å². The molecule has 5 nitrogen and oxygen atoms in total. The van der Waals surface area contributed by atoms with Crippen LogP contribution in [0.15, 0.2) is 12.2 Å². The molecule has 0 fully saturated rings. The largest absolute Gasteiger partial charge is 0.481 e. The van der Waals surface area contributed by atoms with Crippen LogP contribution in [0.3, 0.4) is 0 Å². The Labute approximate surface area is 100 Å². The molecule has 0 aromatic rings. The molecule has 0 spiro atoms. The summed E-state index contributed by atoms with van der Waals surface area (Å²) < 4.78 is 0. The molecule has 0 aromatic carbocycles. The van der Waals surface area contributed by atoms with Gasteiger partial charge < -0.3 is 10.2 Å². The third-order valence-electron chi connectivity index (χ3n) is 3.02. The maximum absolute atomic E-state index is 11.7. The van der Waals surface area contributed by atoms with Gasteiger partial charge in [0.25, 0.3) is 0 Å². The predicted molar refractivity (Wildman–Crippen MR) is 61.7 cm³/mol. The summed E-state index contributed by atoms with van der Waals surface area (Å²) in [6.45, 7) is 6.67. The van der Waals surface area contributed by atoms with Crippen molar-refractivity contribution < 1.29 is 24.6 Å². The van der Waals surface area contributed by atoms with Gasteiger partial charge in [0.15, 0.2) is 0 Å². The van der Waals surface area contributed by atoms with Gasteiger partial charge in [-0.15, -0.1) is 0 Å². The quantitative estimate of drug-likeness (QED) is 0.634. The van der Waals surface area contributed by atoms with Gasteiger partial charge in [0.1, 0.15) is 5.78 Å². The summed E-state index contributed by atoms with van der Waals surface area (Å²) in [7, 11) is 0. The SMILES string of the molecule is C=C(C)C(CCC(=O)O)(CCC(=O)O)C(C)=O. The van der Waals surface area contributed by atoms with E-state index in [1.54, 1.807) is 6.92 Å². The average molecular weight is 242 g/mol. The number of carboxylic acid groups (broad SMARTS) is 2. The first-order valence-corrected chi connectivity index (χ1v) is 5.33. The number of hydrogen-bond acceptors (Lipinski definition) is 3. The fourth-order valence-electron chi connectivity index (χ4n) is 1.84. The summed E-state index contributed by atoms with van der Waals surface area (Å²) in [6, 6.07) is 0. The lowest BCUT2D eigenvalue weighted by Gasteiger charge is -2.31. The number of hydrogen-bond donors (Lipinski definition) is 2. The molecule has 0 radical (unpaired) electrons. The number of ketones is 1. The van der Waals surface area contributed by atoms with Crippen molar-refractivity contribution in [3.8, 4) is 0 Å². The van der Waals surface area contributed by atoms with E-state index in [1.165, 1.54) is 6.92 Å². The van der Waals surface area contributed by atoms with Crippen LogP contribution in [0.4, 0.5) is 0 Å². The minimum atomic E-state index is -1.03. The number of Topliss-reactive ketones (excluding diaryl/α,β-unsaturated/α-hetero) is 1. The first-order chi connectivity index (χ1) is 7.72. The smallest absolute Gasteiger partial charge is 0.303 e. The zero-order chi connectivity index (χ0) is 13.6. The zero-order valence-electron chi connectivity index (χ0n) is 10.2. The van der Waals surface area contributed by atoms with Crippen molar-refractivity contribution in [3.63, 3.8) is 0 Å². The highest BCUT2D eigenvalue weighted by Gasteiger charge is 2.36. The number of rotatable bonds is 8. The Balaban J connectivity index is 4.99. The van der Waals surface area contributed by atoms with E-state index in [0.29, 0.717) is 5.57 Å². The second-order valence-electron chi connectivity index (χ2n) is 4.21. The Hall–Kier alpha value is -1.65. The maximum atomic E-state index is 11.7. The molecule has 0 aromatic heterocycles. The van der Waals surface area contributed by atoms with Crippen LogP contribution < -0.4 is 0 Å². The highest BCUT2D eigenvalue weighted by Crippen LogP contribution is 2.37. The van der Waals surface area contributed by atoms with E-state index < -0.39 is 17.4 Å². The van der Waals surface area contributed by atoms with E-state index in [1.807, 2.05) is 0 Å². The van der Waals surface area contributed by atoms with Crippen molar-refractivity contribution in [2.45, 2.75) is 39.5 Å². The minimum absolute atomic E-state index is 0.0975. The molecule has 0 atom stereocenters. The van der Waals surface area contributed by atoms with Gasteiger partial charge in [0.05, 0.1) is 5.41 Å². The summed E-state index contributed by atoms with van der Waals surface area (Å²) in [5.41, 5.74) is -0.510. The van der Waals surface area contributed by atoms with E-state index in [-0.39, 0.29) is 31.5 Å². The van der Waals surface area contributed by atoms with Crippen LogP contribution in [0, 0.1) is 5.41 Å². The van der Waals surface area contributed by atoms with Crippen molar-refractivity contribution in [1.82, 2.24) is 0 Å². The standard InChI is InChI=1S/C12H18O5/c1-8(2)12(9(3)13,6-4-10(14)15)7-5-11(16)17/h1,4-7H2,2-3H3,(H,14,15)(H,16,17). The summed E-state index contributed by atoms with van der Waals surface area (Å²) >= 11 is 0. The first-order valence-electron chi connectivity index (χ1n) is 5.33. The Bertz CT molecular complexity index is 309. The Kier molecular flexibility index (Phi) is 5.58. The number of aliphatic carboxylic acids is 2. The van der Waals surface area contributed by atoms with Crippen LogP contribution in [0.2, 0.25) is 0 Å². The summed E-state index contributed by atoms with van der Waals surface area (Å²) in [6.07, 6.45) is -0.154. The monoisotopic (exact) mass is 242 g/mol. The van der Waals surface area contributed by atoms with Crippen molar-refractivity contribution in [2.75, 3.05) is 0 Å². The molecule has 5 heteroatoms. The van der Waals surface area contributed by atoms with E-state index in [9.17, 15) is 14.4 Å². The number of carbonyl (C=O) groups is 3. The van der Waals surface area contributed by atoms with Gasteiger partial charge >= 0.3 is 11.9 Å². The normalized spacial score (nSPS) is 10.9. The molecule has 0 bridgehead atoms. The fraction of sp³-hybridized carbons (Fsp3) is 0.583. The van der Waals surface area contributed by atoms with Crippen molar-refractivity contribution in [2.24, 2.45) is 5.41 Å². The molecule has 96 valence electrons. The molecule has 0 saturated carbocycles. The van der Waals surface area contributed by atoms with Crippen molar-refractivity contribution in [1.29, 1.82) is 0 Å². The lowest BCUT2D eigenvalue weighted by atomic mass is 9.71. The molecule has 17 heavy (non-hydrogen) atoms. The van der Waals surface area contributed by atoms with Gasteiger partial charge in [-0.3, -0.25) is 14.4 Å². The molecule has 0 aliphatic carbocycles. The van der Waals surface area contributed by atoms with Gasteiger partial charge in [0, 0.05) is 12.8 Å². The highest BCUT2D eigenvalue weighted by molar-refractivity contribution is 5.86. The van der Waals surface area contributed by atoms with Crippen LogP contribution >= 0.6 is 0 Å². The zero-order valence-corrected chi connectivity index (χ0v) is 10.2. The molecular weight excluding hydrogens is 224 g/mol. The molecule has 0 saturated heterocycles. The van der Waals surface area contributed by atoms with Gasteiger partial charge in [-0.25, -0.2) is 0 Å². The number of carboxylic acids is 2. The second-order valence-corrected chi connectivity index (χ2v) is 4.21. The Morgan fingerprint density at radius 3 is 1.53 bits per heavy atom. The average Bonchev–Trinajstić information content (AvgIpc) is 2.16. The second kappa shape index (κ2) is 6.18. The fourth-order valence-corrected chi connectivity index (χ4v) is 1.84. The van der Waals surface area contributed by atoms with Gasteiger partial charge in [-0.05, 0) is 26.7 Å². The van der Waals surface area contributed by atoms with E-state index in [4.69, 9.17) is 10.2 Å². The van der Waals surface area contributed by atoms with Crippen LogP contribution in [0.5, 0.6) is 0 Å². The molecule has 0 unspecified atom stereocenters. The molecule has 0 heterocycles. The molecule has 0 amide bonds. The van der Waals surface area contributed by atoms with Crippen LogP contribution in [-0.4, -0.2) is 27.9 Å². The number of carbonyl (C=O) groups excluding carboxylic acids is 1. The summed E-state index contributed by atoms with van der Waals surface area (Å²) in [4.78, 5) is 32.8. The van der Waals surface area contributed by atoms with Crippen LogP contribution in [-0.2, 0) is 14.4 Å². The molecule has 0 aliphatic heterocycles. The Morgan fingerprint density at radius 1 is 1.00 bits per heavy atom. The molecule has 0 rings (SSSR count). The maximum Gasteiger partial charge on any atom is 0.303 e. The molecule has 2 N–H and O–H groups in total. The molecular formula is C12H18O5. The van der Waals surface area contributed by atoms with E-state index in [0.717, 1.165) is 0 Å². The van der Waals surface area contributed by atoms with Gasteiger partial charge in [0.2, 0.25) is 0 Å². The summed E-state index contributed by atoms with van der Waals surface area (Å²) in [5, 5.41) is 17.3. The van der Waals surface area contributed by atoms with Crippen molar-refractivity contribution in [3.05, 3.63) is 12.2 Å². The highest BCUT2D eigenvalue weighted by atomic mass is 16.4. The molecule has 0 aliphatic rings. The first kappa shape index (κ1) is 15.3.